The molecule has 0 bridgehead atoms. The van der Waals surface area contributed by atoms with Gasteiger partial charge < -0.3 is 5.73 Å². The van der Waals surface area contributed by atoms with Crippen molar-refractivity contribution in [3.05, 3.63) is 53.9 Å². The summed E-state index contributed by atoms with van der Waals surface area (Å²) in [7, 11) is -3.69. The Bertz CT molecular complexity index is 727. The highest BCUT2D eigenvalue weighted by molar-refractivity contribution is 7.92. The summed E-state index contributed by atoms with van der Waals surface area (Å²) < 4.78 is 27.5. The van der Waals surface area contributed by atoms with Crippen molar-refractivity contribution in [3.63, 3.8) is 0 Å². The second kappa shape index (κ2) is 6.24. The first kappa shape index (κ1) is 15.5. The lowest BCUT2D eigenvalue weighted by atomic mass is 10.0. The molecule has 3 N–H and O–H groups in total. The molecule has 0 aliphatic rings. The third-order valence-corrected chi connectivity index (χ3v) is 4.59. The number of pyridine rings is 1. The van der Waals surface area contributed by atoms with Gasteiger partial charge in [0, 0.05) is 18.4 Å². The number of hydrogen-bond acceptors (Lipinski definition) is 4. The number of hydrogen-bond donors (Lipinski definition) is 2. The van der Waals surface area contributed by atoms with Crippen LogP contribution >= 0.6 is 0 Å². The number of aromatic nitrogens is 1. The van der Waals surface area contributed by atoms with E-state index in [1.807, 2.05) is 18.2 Å². The van der Waals surface area contributed by atoms with Gasteiger partial charge >= 0.3 is 0 Å². The Morgan fingerprint density at radius 2 is 2.00 bits per heavy atom. The van der Waals surface area contributed by atoms with E-state index in [4.69, 9.17) is 5.73 Å². The average Bonchev–Trinajstić information content (AvgIpc) is 2.47. The summed E-state index contributed by atoms with van der Waals surface area (Å²) in [5.41, 5.74) is 7.51. The van der Waals surface area contributed by atoms with E-state index in [-0.39, 0.29) is 11.4 Å². The molecule has 0 radical (unpaired) electrons. The Morgan fingerprint density at radius 1 is 1.24 bits per heavy atom. The van der Waals surface area contributed by atoms with Crippen LogP contribution in [0.1, 0.15) is 31.0 Å². The monoisotopic (exact) mass is 305 g/mol. The zero-order chi connectivity index (χ0) is 15.5. The van der Waals surface area contributed by atoms with Crippen LogP contribution in [0, 0.1) is 0 Å². The lowest BCUT2D eigenvalue weighted by Gasteiger charge is -2.12. The molecule has 1 aromatic heterocycles. The minimum Gasteiger partial charge on any atom is -0.325 e. The van der Waals surface area contributed by atoms with Crippen LogP contribution in [-0.2, 0) is 16.6 Å². The Kier molecular flexibility index (Phi) is 4.59. The van der Waals surface area contributed by atoms with Crippen LogP contribution in [0.2, 0.25) is 0 Å². The molecule has 2 aromatic rings. The molecular formula is C15H19N3O2S. The minimum atomic E-state index is -3.69. The number of sulfonamides is 1. The summed E-state index contributed by atoms with van der Waals surface area (Å²) in [5.74, 6) is 0.326. The Hall–Kier alpha value is -1.92. The van der Waals surface area contributed by atoms with Crippen LogP contribution in [-0.4, -0.2) is 13.4 Å². The van der Waals surface area contributed by atoms with Gasteiger partial charge in [-0.15, -0.1) is 0 Å². The number of nitrogens with two attached hydrogens (primary N) is 1. The van der Waals surface area contributed by atoms with Gasteiger partial charge in [-0.25, -0.2) is 8.42 Å². The van der Waals surface area contributed by atoms with Gasteiger partial charge in [0.05, 0.1) is 5.69 Å². The molecule has 0 amide bonds. The lowest BCUT2D eigenvalue weighted by molar-refractivity contribution is 0.599. The molecule has 0 aliphatic heterocycles. The molecule has 112 valence electrons. The summed E-state index contributed by atoms with van der Waals surface area (Å²) >= 11 is 0. The molecule has 0 fully saturated rings. The molecule has 0 saturated carbocycles. The number of benzene rings is 1. The van der Waals surface area contributed by atoms with E-state index >= 15 is 0 Å². The molecule has 1 aromatic carbocycles. The standard InChI is InChI=1S/C15H19N3O2S/c1-11(2)12-5-3-6-13(9-12)18-21(19,20)15-7-4-8-17-14(15)10-16/h3-9,11,18H,10,16H2,1-2H3. The molecule has 6 heteroatoms. The van der Waals surface area contributed by atoms with Gasteiger partial charge in [-0.05, 0) is 35.7 Å². The molecule has 0 atom stereocenters. The van der Waals surface area contributed by atoms with Crippen LogP contribution in [0.3, 0.4) is 0 Å². The molecule has 21 heavy (non-hydrogen) atoms. The van der Waals surface area contributed by atoms with E-state index in [9.17, 15) is 8.42 Å². The van der Waals surface area contributed by atoms with Crippen molar-refractivity contribution in [2.75, 3.05) is 4.72 Å². The van der Waals surface area contributed by atoms with Crippen LogP contribution in [0.4, 0.5) is 5.69 Å². The molecule has 5 nitrogen and oxygen atoms in total. The van der Waals surface area contributed by atoms with Crippen LogP contribution in [0.25, 0.3) is 0 Å². The van der Waals surface area contributed by atoms with Gasteiger partial charge in [-0.2, -0.15) is 0 Å². The Morgan fingerprint density at radius 3 is 2.67 bits per heavy atom. The maximum atomic E-state index is 12.5. The van der Waals surface area contributed by atoms with Crippen LogP contribution in [0.5, 0.6) is 0 Å². The zero-order valence-electron chi connectivity index (χ0n) is 12.1. The van der Waals surface area contributed by atoms with Gasteiger partial charge in [-0.1, -0.05) is 26.0 Å². The number of anilines is 1. The maximum absolute atomic E-state index is 12.5. The third kappa shape index (κ3) is 3.59. The maximum Gasteiger partial charge on any atom is 0.263 e. The molecule has 0 spiro atoms. The smallest absolute Gasteiger partial charge is 0.263 e. The van der Waals surface area contributed by atoms with E-state index in [1.165, 1.54) is 12.3 Å². The molecule has 0 unspecified atom stereocenters. The van der Waals surface area contributed by atoms with Crippen molar-refractivity contribution < 1.29 is 8.42 Å². The topological polar surface area (TPSA) is 85.1 Å². The average molecular weight is 305 g/mol. The van der Waals surface area contributed by atoms with Crippen molar-refractivity contribution in [1.82, 2.24) is 4.98 Å². The van der Waals surface area contributed by atoms with Crippen molar-refractivity contribution in [3.8, 4) is 0 Å². The first-order chi connectivity index (χ1) is 9.94. The second-order valence-corrected chi connectivity index (χ2v) is 6.69. The van der Waals surface area contributed by atoms with Crippen molar-refractivity contribution in [1.29, 1.82) is 0 Å². The summed E-state index contributed by atoms with van der Waals surface area (Å²) in [6.07, 6.45) is 1.53. The van der Waals surface area contributed by atoms with E-state index in [2.05, 4.69) is 23.6 Å². The van der Waals surface area contributed by atoms with Crippen molar-refractivity contribution in [2.24, 2.45) is 5.73 Å². The fourth-order valence-electron chi connectivity index (χ4n) is 1.99. The lowest BCUT2D eigenvalue weighted by Crippen LogP contribution is -2.17. The van der Waals surface area contributed by atoms with E-state index in [0.717, 1.165) is 5.56 Å². The third-order valence-electron chi connectivity index (χ3n) is 3.14. The number of nitrogens with one attached hydrogen (secondary N) is 1. The molecule has 0 aliphatic carbocycles. The zero-order valence-corrected chi connectivity index (χ0v) is 12.9. The van der Waals surface area contributed by atoms with Crippen molar-refractivity contribution >= 4 is 15.7 Å². The van der Waals surface area contributed by atoms with Gasteiger partial charge in [-0.3, -0.25) is 9.71 Å². The van der Waals surface area contributed by atoms with E-state index < -0.39 is 10.0 Å². The van der Waals surface area contributed by atoms with Crippen molar-refractivity contribution in [2.45, 2.75) is 31.2 Å². The number of rotatable bonds is 5. The molecule has 1 heterocycles. The minimum absolute atomic E-state index is 0.0725. The number of nitrogens with zero attached hydrogens (tertiary/aromatic N) is 1. The fourth-order valence-corrected chi connectivity index (χ4v) is 3.24. The normalized spacial score (nSPS) is 11.6. The van der Waals surface area contributed by atoms with E-state index in [1.54, 1.807) is 12.1 Å². The SMILES string of the molecule is CC(C)c1cccc(NS(=O)(=O)c2cccnc2CN)c1. The van der Waals surface area contributed by atoms with Gasteiger partial charge in [0.1, 0.15) is 4.90 Å². The predicted octanol–water partition coefficient (Wildman–Crippen LogP) is 2.46. The van der Waals surface area contributed by atoms with Crippen LogP contribution in [0.15, 0.2) is 47.5 Å². The molecule has 0 saturated heterocycles. The Balaban J connectivity index is 2.35. The van der Waals surface area contributed by atoms with E-state index in [0.29, 0.717) is 17.3 Å². The fraction of sp³-hybridized carbons (Fsp3) is 0.267. The summed E-state index contributed by atoms with van der Waals surface area (Å²) in [5, 5.41) is 0. The van der Waals surface area contributed by atoms with Gasteiger partial charge in [0.15, 0.2) is 0 Å². The largest absolute Gasteiger partial charge is 0.325 e. The highest BCUT2D eigenvalue weighted by atomic mass is 32.2. The van der Waals surface area contributed by atoms with Gasteiger partial charge in [0.2, 0.25) is 0 Å². The quantitative estimate of drug-likeness (QED) is 0.888. The summed E-state index contributed by atoms with van der Waals surface area (Å²) in [6, 6.07) is 10.4. The first-order valence-electron chi connectivity index (χ1n) is 6.71. The molecular weight excluding hydrogens is 286 g/mol. The predicted molar refractivity (Wildman–Crippen MR) is 83.5 cm³/mol. The Labute approximate surface area is 125 Å². The molecule has 2 rings (SSSR count). The highest BCUT2D eigenvalue weighted by Crippen LogP contribution is 2.22. The highest BCUT2D eigenvalue weighted by Gasteiger charge is 2.18. The summed E-state index contributed by atoms with van der Waals surface area (Å²) in [6.45, 7) is 4.19. The summed E-state index contributed by atoms with van der Waals surface area (Å²) in [4.78, 5) is 4.12. The van der Waals surface area contributed by atoms with Gasteiger partial charge in [0.25, 0.3) is 10.0 Å². The second-order valence-electron chi connectivity index (χ2n) is 5.04. The first-order valence-corrected chi connectivity index (χ1v) is 8.19. The van der Waals surface area contributed by atoms with Crippen LogP contribution < -0.4 is 10.5 Å².